The number of sulfonamides is 1. The number of nitrogens with one attached hydrogen (secondary N) is 1. The molecule has 0 aromatic heterocycles. The molecule has 0 radical (unpaired) electrons. The molecule has 40 heavy (non-hydrogen) atoms. The minimum atomic E-state index is -5.53. The van der Waals surface area contributed by atoms with Crippen molar-refractivity contribution in [1.82, 2.24) is 4.72 Å². The number of ether oxygens (including phenoxy) is 1. The number of alkyl halides is 3. The van der Waals surface area contributed by atoms with Gasteiger partial charge >= 0.3 is 18.1 Å². The Morgan fingerprint density at radius 1 is 1.02 bits per heavy atom. The minimum Gasteiger partial charge on any atom is -0.493 e. The molecule has 19 heteroatoms. The molecule has 2 aromatic carbocycles. The van der Waals surface area contributed by atoms with Crippen LogP contribution in [0.2, 0.25) is 0 Å². The Hall–Kier alpha value is -3.71. The molecular weight excluding hydrogens is 643 g/mol. The van der Waals surface area contributed by atoms with Crippen LogP contribution in [0.1, 0.15) is 12.0 Å². The third-order valence-corrected chi connectivity index (χ3v) is 6.55. The van der Waals surface area contributed by atoms with Crippen molar-refractivity contribution in [1.29, 1.82) is 0 Å². The lowest BCUT2D eigenvalue weighted by molar-refractivity contribution is -0.286. The molecule has 0 aliphatic carbocycles. The molecule has 5 N–H and O–H groups in total. The number of carbonyl (C=O) groups excluding carboxylic acids is 2. The number of nitrogens with two attached hydrogens (primary N) is 2. The zero-order valence-electron chi connectivity index (χ0n) is 19.9. The molecule has 0 amide bonds. The second-order valence-corrected chi connectivity index (χ2v) is 10.1. The molecule has 0 unspecified atom stereocenters. The summed E-state index contributed by atoms with van der Waals surface area (Å²) in [6, 6.07) is 4.31. The third-order valence-electron chi connectivity index (χ3n) is 4.46. The van der Waals surface area contributed by atoms with Gasteiger partial charge in [-0.15, -0.1) is 0 Å². The Balaban J connectivity index is 2.18. The van der Waals surface area contributed by atoms with Crippen LogP contribution < -0.4 is 20.9 Å². The number of nitrogens with zero attached hydrogens (tertiary/aromatic N) is 1. The number of halogens is 6. The zero-order valence-corrected chi connectivity index (χ0v) is 22.3. The van der Waals surface area contributed by atoms with Gasteiger partial charge in [0.2, 0.25) is 16.0 Å². The van der Waals surface area contributed by atoms with Crippen molar-refractivity contribution in [2.45, 2.75) is 30.0 Å². The van der Waals surface area contributed by atoms with E-state index in [1.165, 1.54) is 24.3 Å². The summed E-state index contributed by atoms with van der Waals surface area (Å²) >= 11 is 2.68. The van der Waals surface area contributed by atoms with Gasteiger partial charge < -0.3 is 21.0 Å². The highest BCUT2D eigenvalue weighted by atomic mass is 79.9. The quantitative estimate of drug-likeness (QED) is 0.0579. The van der Waals surface area contributed by atoms with Crippen molar-refractivity contribution in [3.05, 3.63) is 58.1 Å². The van der Waals surface area contributed by atoms with Crippen LogP contribution in [-0.2, 0) is 40.6 Å². The summed E-state index contributed by atoms with van der Waals surface area (Å²) in [6.45, 7) is 0.315. The Labute approximate surface area is 231 Å². The molecule has 220 valence electrons. The average Bonchev–Trinajstić information content (AvgIpc) is 2.86. The summed E-state index contributed by atoms with van der Waals surface area (Å²) in [4.78, 5) is 34.1. The maximum absolute atomic E-state index is 14.3. The number of rotatable bonds is 12. The van der Waals surface area contributed by atoms with Gasteiger partial charge in [0.1, 0.15) is 34.9 Å². The normalized spacial score (nSPS) is 12.2. The lowest BCUT2D eigenvalue weighted by Gasteiger charge is -2.17. The Bertz CT molecular complexity index is 1340. The highest BCUT2D eigenvalue weighted by molar-refractivity contribution is 9.10. The molecule has 0 aliphatic rings. The molecule has 0 bridgehead atoms. The van der Waals surface area contributed by atoms with E-state index in [-0.39, 0.29) is 24.7 Å². The second-order valence-electron chi connectivity index (χ2n) is 7.54. The topological polar surface area (TPSA) is 182 Å². The number of benzene rings is 2. The average molecular weight is 663 g/mol. The molecule has 0 aliphatic heterocycles. The van der Waals surface area contributed by atoms with E-state index in [4.69, 9.17) is 21.0 Å². The van der Waals surface area contributed by atoms with E-state index in [9.17, 15) is 40.0 Å². The van der Waals surface area contributed by atoms with Crippen molar-refractivity contribution in [2.24, 2.45) is 16.6 Å². The first-order chi connectivity index (χ1) is 18.6. The van der Waals surface area contributed by atoms with Gasteiger partial charge in [0.25, 0.3) is 0 Å². The van der Waals surface area contributed by atoms with Crippen LogP contribution in [0.15, 0.2) is 50.9 Å². The van der Waals surface area contributed by atoms with Gasteiger partial charge in [-0.25, -0.2) is 36.6 Å². The van der Waals surface area contributed by atoms with Gasteiger partial charge in [-0.3, -0.25) is 0 Å². The maximum atomic E-state index is 14.3. The van der Waals surface area contributed by atoms with E-state index < -0.39 is 61.6 Å². The highest BCUT2D eigenvalue weighted by Gasteiger charge is 2.43. The molecule has 0 saturated heterocycles. The van der Waals surface area contributed by atoms with Crippen molar-refractivity contribution in [3.63, 3.8) is 0 Å². The highest BCUT2D eigenvalue weighted by Crippen LogP contribution is 2.24. The van der Waals surface area contributed by atoms with Crippen LogP contribution in [0.5, 0.6) is 5.75 Å². The van der Waals surface area contributed by atoms with Crippen molar-refractivity contribution >= 4 is 43.9 Å². The monoisotopic (exact) mass is 662 g/mol. The third kappa shape index (κ3) is 10.1. The van der Waals surface area contributed by atoms with E-state index in [1.807, 2.05) is 0 Å². The molecule has 12 nitrogen and oxygen atoms in total. The standard InChI is InChI=1S/C21H20BrF5N4O8S/c22-13-9-15(24)17(10-14(13)23)40(34,35)31-16(18(32)38-39-19(33)21(25,26)27)8-11-2-4-12(5-3-11)36-6-1-7-37-30-20(28)29/h2-5,9-10,16,31H,1,6-8H2,(H4,28,29,30)/t16-/m0/s1. The van der Waals surface area contributed by atoms with Crippen molar-refractivity contribution in [3.8, 4) is 5.75 Å². The number of guanidine groups is 1. The van der Waals surface area contributed by atoms with E-state index in [0.29, 0.717) is 24.3 Å². The number of hydrogen-bond acceptors (Lipinski definition) is 9. The number of carbonyl (C=O) groups is 2. The maximum Gasteiger partial charge on any atom is 0.495 e. The molecule has 2 aromatic rings. The van der Waals surface area contributed by atoms with Gasteiger partial charge in [-0.1, -0.05) is 12.1 Å². The van der Waals surface area contributed by atoms with Crippen LogP contribution in [0.3, 0.4) is 0 Å². The summed E-state index contributed by atoms with van der Waals surface area (Å²) in [5.41, 5.74) is 10.4. The fraction of sp³-hybridized carbons (Fsp3) is 0.286. The molecular formula is C21H20BrF5N4O8S. The zero-order chi connectivity index (χ0) is 30.1. The minimum absolute atomic E-state index is 0.141. The molecule has 0 fully saturated rings. The largest absolute Gasteiger partial charge is 0.495 e. The molecule has 0 saturated carbocycles. The predicted octanol–water partition coefficient (Wildman–Crippen LogP) is 2.15. The van der Waals surface area contributed by atoms with E-state index in [1.54, 1.807) is 4.72 Å². The Kier molecular flexibility index (Phi) is 11.4. The Morgan fingerprint density at radius 3 is 2.27 bits per heavy atom. The lowest BCUT2D eigenvalue weighted by atomic mass is 10.1. The fourth-order valence-corrected chi connectivity index (χ4v) is 4.28. The Morgan fingerprint density at radius 2 is 1.68 bits per heavy atom. The van der Waals surface area contributed by atoms with E-state index in [0.717, 1.165) is 0 Å². The summed E-state index contributed by atoms with van der Waals surface area (Å²) in [7, 11) is -5.01. The van der Waals surface area contributed by atoms with E-state index in [2.05, 4.69) is 30.9 Å². The summed E-state index contributed by atoms with van der Waals surface area (Å²) < 4.78 is 97.5. The number of oxime groups is 1. The predicted molar refractivity (Wildman–Crippen MR) is 128 cm³/mol. The SMILES string of the molecule is NC(N)=NOCCCOc1ccc(C[C@H](NS(=O)(=O)c2cc(F)c(Br)cc2F)C(=O)OOC(=O)C(F)(F)F)cc1. The first-order valence-corrected chi connectivity index (χ1v) is 13.0. The van der Waals surface area contributed by atoms with Crippen molar-refractivity contribution in [2.75, 3.05) is 13.2 Å². The van der Waals surface area contributed by atoms with Gasteiger partial charge in [-0.05, 0) is 57.3 Å². The van der Waals surface area contributed by atoms with Crippen LogP contribution in [0.4, 0.5) is 22.0 Å². The van der Waals surface area contributed by atoms with Gasteiger partial charge in [0.05, 0.1) is 11.1 Å². The van der Waals surface area contributed by atoms with Gasteiger partial charge in [-0.2, -0.15) is 17.9 Å². The summed E-state index contributed by atoms with van der Waals surface area (Å²) in [6.07, 6.45) is -5.73. The fourth-order valence-electron chi connectivity index (χ4n) is 2.71. The van der Waals surface area contributed by atoms with E-state index >= 15 is 0 Å². The van der Waals surface area contributed by atoms with Gasteiger partial charge in [0, 0.05) is 6.42 Å². The molecule has 0 heterocycles. The van der Waals surface area contributed by atoms with Gasteiger partial charge in [0.15, 0.2) is 0 Å². The van der Waals surface area contributed by atoms with Crippen LogP contribution in [0, 0.1) is 11.6 Å². The summed E-state index contributed by atoms with van der Waals surface area (Å²) in [5.74, 6) is -7.20. The second kappa shape index (κ2) is 14.1. The molecule has 0 spiro atoms. The molecule has 2 rings (SSSR count). The smallest absolute Gasteiger partial charge is 0.493 e. The summed E-state index contributed by atoms with van der Waals surface area (Å²) in [5, 5.41) is 3.32. The van der Waals surface area contributed by atoms with Crippen LogP contribution in [0.25, 0.3) is 0 Å². The molecule has 1 atom stereocenters. The van der Waals surface area contributed by atoms with Crippen LogP contribution in [-0.4, -0.2) is 51.7 Å². The van der Waals surface area contributed by atoms with Crippen molar-refractivity contribution < 1.29 is 59.3 Å². The number of hydrogen-bond donors (Lipinski definition) is 3. The lowest BCUT2D eigenvalue weighted by Crippen LogP contribution is -2.44. The van der Waals surface area contributed by atoms with Crippen LogP contribution >= 0.6 is 15.9 Å². The first-order valence-electron chi connectivity index (χ1n) is 10.7. The first kappa shape index (κ1) is 32.5.